The van der Waals surface area contributed by atoms with Crippen LogP contribution in [0, 0.1) is 0 Å². The number of unbranched alkanes of at least 4 members (excludes halogenated alkanes) is 2. The second kappa shape index (κ2) is 42.0. The van der Waals surface area contributed by atoms with Crippen LogP contribution in [0.5, 0.6) is 0 Å². The maximum absolute atomic E-state index is 12.6. The highest BCUT2D eigenvalue weighted by atomic mass is 31.2. The molecule has 338 valence electrons. The number of phosphoric ester groups is 1. The lowest BCUT2D eigenvalue weighted by Gasteiger charge is -2.20. The van der Waals surface area contributed by atoms with Gasteiger partial charge in [-0.2, -0.15) is 0 Å². The van der Waals surface area contributed by atoms with E-state index in [1.807, 2.05) is 31.2 Å². The smallest absolute Gasteiger partial charge is 0.462 e. The van der Waals surface area contributed by atoms with Gasteiger partial charge >= 0.3 is 19.8 Å². The van der Waals surface area contributed by atoms with E-state index in [0.29, 0.717) is 19.3 Å². The Kier molecular flexibility index (Phi) is 39.5. The van der Waals surface area contributed by atoms with Gasteiger partial charge in [-0.25, -0.2) is 4.57 Å². The zero-order valence-electron chi connectivity index (χ0n) is 36.2. The van der Waals surface area contributed by atoms with Crippen LogP contribution < -0.4 is 0 Å². The van der Waals surface area contributed by atoms with Gasteiger partial charge in [-0.15, -0.1) is 0 Å². The molecule has 0 radical (unpaired) electrons. The molecule has 0 saturated carbocycles. The van der Waals surface area contributed by atoms with Gasteiger partial charge in [0, 0.05) is 12.8 Å². The molecule has 60 heavy (non-hydrogen) atoms. The molecule has 0 aliphatic rings. The van der Waals surface area contributed by atoms with Crippen molar-refractivity contribution in [3.05, 3.63) is 122 Å². The molecule has 0 amide bonds. The molecule has 0 aromatic heterocycles. The van der Waals surface area contributed by atoms with Crippen LogP contribution in [-0.2, 0) is 32.7 Å². The predicted octanol–water partition coefficient (Wildman–Crippen LogP) is 10.5. The first kappa shape index (κ1) is 56.3. The number of carbonyl (C=O) groups excluding carboxylic acids is 2. The van der Waals surface area contributed by atoms with Crippen molar-refractivity contribution < 1.29 is 52.9 Å². The molecule has 0 aliphatic carbocycles. The Hall–Kier alpha value is -3.67. The number of allylic oxidation sites excluding steroid dienone is 20. The van der Waals surface area contributed by atoms with Gasteiger partial charge in [0.2, 0.25) is 0 Å². The van der Waals surface area contributed by atoms with E-state index in [1.165, 1.54) is 0 Å². The van der Waals surface area contributed by atoms with Crippen LogP contribution in [0.4, 0.5) is 0 Å². The van der Waals surface area contributed by atoms with Gasteiger partial charge in [0.25, 0.3) is 0 Å². The molecule has 11 nitrogen and oxygen atoms in total. The lowest BCUT2D eigenvalue weighted by Crippen LogP contribution is -2.29. The maximum atomic E-state index is 12.6. The van der Waals surface area contributed by atoms with Gasteiger partial charge in [0.1, 0.15) is 12.7 Å². The number of hydrogen-bond acceptors (Lipinski definition) is 10. The van der Waals surface area contributed by atoms with Crippen molar-refractivity contribution in [2.75, 3.05) is 26.4 Å². The number of aliphatic hydroxyl groups excluding tert-OH is 3. The number of aliphatic hydroxyl groups is 3. The van der Waals surface area contributed by atoms with Crippen molar-refractivity contribution in [1.82, 2.24) is 0 Å². The lowest BCUT2D eigenvalue weighted by molar-refractivity contribution is -0.161. The Labute approximate surface area is 360 Å². The fraction of sp³-hybridized carbons (Fsp3) is 0.542. The van der Waals surface area contributed by atoms with Crippen LogP contribution >= 0.6 is 7.82 Å². The van der Waals surface area contributed by atoms with E-state index < -0.39 is 58.4 Å². The third-order valence-corrected chi connectivity index (χ3v) is 9.08. The topological polar surface area (TPSA) is 169 Å². The first-order valence-electron chi connectivity index (χ1n) is 21.5. The molecular formula is C48H75O11P. The number of esters is 2. The van der Waals surface area contributed by atoms with Gasteiger partial charge in [-0.05, 0) is 103 Å². The Morgan fingerprint density at radius 1 is 0.550 bits per heavy atom. The molecule has 0 spiro atoms. The molecule has 0 rings (SSSR count). The Balaban J connectivity index is 4.55. The second-order valence-corrected chi connectivity index (χ2v) is 15.4. The number of hydrogen-bond donors (Lipinski definition) is 4. The van der Waals surface area contributed by atoms with E-state index in [-0.39, 0.29) is 18.9 Å². The molecule has 4 atom stereocenters. The summed E-state index contributed by atoms with van der Waals surface area (Å²) in [5, 5.41) is 27.6. The van der Waals surface area contributed by atoms with Crippen LogP contribution in [0.25, 0.3) is 0 Å². The van der Waals surface area contributed by atoms with Crippen molar-refractivity contribution >= 4 is 19.8 Å². The quantitative estimate of drug-likeness (QED) is 0.0202. The summed E-state index contributed by atoms with van der Waals surface area (Å²) >= 11 is 0. The van der Waals surface area contributed by atoms with Crippen molar-refractivity contribution in [1.29, 1.82) is 0 Å². The molecular weight excluding hydrogens is 783 g/mol. The van der Waals surface area contributed by atoms with Crippen molar-refractivity contribution in [2.45, 2.75) is 141 Å². The highest BCUT2D eigenvalue weighted by Crippen LogP contribution is 2.43. The zero-order chi connectivity index (χ0) is 44.2. The van der Waals surface area contributed by atoms with Crippen LogP contribution in [0.2, 0.25) is 0 Å². The molecule has 4 N–H and O–H groups in total. The largest absolute Gasteiger partial charge is 0.472 e. The molecule has 0 aromatic carbocycles. The third-order valence-electron chi connectivity index (χ3n) is 8.13. The van der Waals surface area contributed by atoms with Gasteiger partial charge in [-0.3, -0.25) is 18.6 Å². The van der Waals surface area contributed by atoms with E-state index in [0.717, 1.165) is 77.0 Å². The summed E-state index contributed by atoms with van der Waals surface area (Å²) in [7, 11) is -4.67. The summed E-state index contributed by atoms with van der Waals surface area (Å²) in [6.45, 7) is 1.62. The van der Waals surface area contributed by atoms with E-state index in [9.17, 15) is 29.3 Å². The Bertz CT molecular complexity index is 1420. The Morgan fingerprint density at radius 3 is 1.42 bits per heavy atom. The maximum Gasteiger partial charge on any atom is 0.472 e. The molecule has 1 unspecified atom stereocenters. The van der Waals surface area contributed by atoms with Gasteiger partial charge < -0.3 is 29.7 Å². The average Bonchev–Trinajstić information content (AvgIpc) is 3.22. The summed E-state index contributed by atoms with van der Waals surface area (Å²) < 4.78 is 32.5. The number of rotatable bonds is 38. The molecule has 0 aliphatic heterocycles. The van der Waals surface area contributed by atoms with Gasteiger partial charge in [0.15, 0.2) is 6.10 Å². The third kappa shape index (κ3) is 42.5. The normalized spacial score (nSPS) is 15.5. The Morgan fingerprint density at radius 2 is 0.967 bits per heavy atom. The minimum Gasteiger partial charge on any atom is -0.462 e. The highest BCUT2D eigenvalue weighted by molar-refractivity contribution is 7.47. The first-order valence-corrected chi connectivity index (χ1v) is 23.0. The van der Waals surface area contributed by atoms with Crippen molar-refractivity contribution in [2.24, 2.45) is 0 Å². The zero-order valence-corrected chi connectivity index (χ0v) is 37.1. The summed E-state index contributed by atoms with van der Waals surface area (Å²) in [5.41, 5.74) is 0. The number of ether oxygens (including phenoxy) is 2. The minimum atomic E-state index is -4.67. The van der Waals surface area contributed by atoms with Crippen molar-refractivity contribution in [3.8, 4) is 0 Å². The van der Waals surface area contributed by atoms with Crippen LogP contribution in [-0.4, -0.2) is 76.9 Å². The van der Waals surface area contributed by atoms with Crippen LogP contribution in [0.15, 0.2) is 122 Å². The highest BCUT2D eigenvalue weighted by Gasteiger charge is 2.27. The summed E-state index contributed by atoms with van der Waals surface area (Å²) in [5.74, 6) is -1.12. The molecule has 12 heteroatoms. The van der Waals surface area contributed by atoms with Crippen molar-refractivity contribution in [3.63, 3.8) is 0 Å². The van der Waals surface area contributed by atoms with E-state index in [4.69, 9.17) is 19.1 Å². The minimum absolute atomic E-state index is 0.0725. The van der Waals surface area contributed by atoms with Gasteiger partial charge in [0.05, 0.1) is 25.9 Å². The summed E-state index contributed by atoms with van der Waals surface area (Å²) in [6.07, 6.45) is 51.7. The van der Waals surface area contributed by atoms with E-state index in [1.54, 1.807) is 0 Å². The fourth-order valence-corrected chi connectivity index (χ4v) is 5.64. The van der Waals surface area contributed by atoms with E-state index in [2.05, 4.69) is 109 Å². The summed E-state index contributed by atoms with van der Waals surface area (Å²) in [6, 6.07) is 0. The second-order valence-electron chi connectivity index (χ2n) is 13.9. The van der Waals surface area contributed by atoms with Crippen LogP contribution in [0.1, 0.15) is 123 Å². The number of phosphoric acid groups is 1. The standard InChI is InChI=1S/C48H75O11P/c1-3-4-5-6-7-8-9-10-11-12-13-14-17-20-23-26-29-32-35-38-47(52)56-42-46(43-58-60(54,55)57-41-45(51)40-49)59-48(53)39-36-33-30-27-24-21-18-15-16-19-22-25-28-31-34-37-44(2)50/h4-5,7-8,10-11,13-14,16,18-21,23,25,27-30,32,44-46,49-51H,3,6,9,12,15,17,22,24,26,31,33-43H2,1-2H3,(H,54,55)/b5-4-,8-7-,11-10-,14-13-,19-16-,21-18-,23-20-,28-25-,30-27-,32-29-/t44-,45-,46+/m0/s1. The summed E-state index contributed by atoms with van der Waals surface area (Å²) in [4.78, 5) is 34.9. The predicted molar refractivity (Wildman–Crippen MR) is 243 cm³/mol. The molecule has 0 fully saturated rings. The monoisotopic (exact) mass is 859 g/mol. The molecule has 0 saturated heterocycles. The SMILES string of the molecule is CC/C=C\C/C=C\C/C=C\C/C=C\C/C=C\C/C=C\CCC(=O)OC[C@H](COP(=O)(O)OC[C@@H](O)CO)OC(=O)CCC/C=C\C/C=C\C/C=C\C/C=C\CCC[C@H](C)O. The van der Waals surface area contributed by atoms with E-state index >= 15 is 0 Å². The molecule has 0 heterocycles. The number of carbonyl (C=O) groups is 2. The van der Waals surface area contributed by atoms with Crippen LogP contribution in [0.3, 0.4) is 0 Å². The molecule has 0 bridgehead atoms. The first-order chi connectivity index (χ1) is 29.1. The fourth-order valence-electron chi connectivity index (χ4n) is 4.85. The van der Waals surface area contributed by atoms with Gasteiger partial charge in [-0.1, -0.05) is 128 Å². The molecule has 0 aromatic rings. The average molecular weight is 859 g/mol. The lowest BCUT2D eigenvalue weighted by atomic mass is 10.1.